The van der Waals surface area contributed by atoms with Gasteiger partial charge in [-0.15, -0.1) is 0 Å². The Morgan fingerprint density at radius 3 is 2.30 bits per heavy atom. The van der Waals surface area contributed by atoms with Crippen molar-refractivity contribution in [3.05, 3.63) is 65.2 Å². The van der Waals surface area contributed by atoms with Gasteiger partial charge in [0.1, 0.15) is 5.75 Å². The third-order valence-electron chi connectivity index (χ3n) is 4.20. The molecule has 0 heterocycles. The van der Waals surface area contributed by atoms with Gasteiger partial charge in [-0.2, -0.15) is 0 Å². The van der Waals surface area contributed by atoms with Crippen LogP contribution in [0.15, 0.2) is 48.5 Å². The summed E-state index contributed by atoms with van der Waals surface area (Å²) in [6, 6.07) is 14.4. The smallest absolute Gasteiger partial charge is 0.337 e. The highest BCUT2D eigenvalue weighted by molar-refractivity contribution is 5.90. The molecule has 0 unspecified atom stereocenters. The lowest BCUT2D eigenvalue weighted by Crippen LogP contribution is -2.25. The number of aryl methyl sites for hydroxylation is 1. The third kappa shape index (κ3) is 2.97. The van der Waals surface area contributed by atoms with Crippen LogP contribution in [0, 0.1) is 6.92 Å². The monoisotopic (exact) mass is 310 g/mol. The van der Waals surface area contributed by atoms with E-state index in [1.54, 1.807) is 24.3 Å². The summed E-state index contributed by atoms with van der Waals surface area (Å²) in [6.07, 6.45) is 1.60. The SMILES string of the molecule is COC(=O)c1ccc(OC(=O)C2(c3cccc(C)c3)CC2)cc1. The number of ether oxygens (including phenoxy) is 2. The molecule has 1 saturated carbocycles. The van der Waals surface area contributed by atoms with Gasteiger partial charge in [0.15, 0.2) is 0 Å². The molecule has 4 nitrogen and oxygen atoms in total. The van der Waals surface area contributed by atoms with E-state index in [1.165, 1.54) is 7.11 Å². The minimum atomic E-state index is -0.521. The van der Waals surface area contributed by atoms with Crippen LogP contribution < -0.4 is 4.74 Å². The van der Waals surface area contributed by atoms with Gasteiger partial charge >= 0.3 is 11.9 Å². The Labute approximate surface area is 135 Å². The Morgan fingerprint density at radius 1 is 1.04 bits per heavy atom. The van der Waals surface area contributed by atoms with Crippen molar-refractivity contribution in [2.45, 2.75) is 25.2 Å². The molecule has 1 aliphatic rings. The summed E-state index contributed by atoms with van der Waals surface area (Å²) in [5, 5.41) is 0. The Hall–Kier alpha value is -2.62. The van der Waals surface area contributed by atoms with Gasteiger partial charge in [-0.3, -0.25) is 4.79 Å². The minimum Gasteiger partial charge on any atom is -0.465 e. The van der Waals surface area contributed by atoms with Crippen LogP contribution in [-0.4, -0.2) is 19.0 Å². The van der Waals surface area contributed by atoms with Gasteiger partial charge in [-0.25, -0.2) is 4.79 Å². The molecule has 4 heteroatoms. The van der Waals surface area contributed by atoms with Crippen LogP contribution in [-0.2, 0) is 14.9 Å². The van der Waals surface area contributed by atoms with Gasteiger partial charge in [-0.1, -0.05) is 29.8 Å². The molecule has 3 rings (SSSR count). The van der Waals surface area contributed by atoms with Crippen molar-refractivity contribution in [3.63, 3.8) is 0 Å². The number of carbonyl (C=O) groups is 2. The van der Waals surface area contributed by atoms with E-state index in [-0.39, 0.29) is 5.97 Å². The largest absolute Gasteiger partial charge is 0.465 e. The highest BCUT2D eigenvalue weighted by atomic mass is 16.5. The quantitative estimate of drug-likeness (QED) is 0.641. The first-order chi connectivity index (χ1) is 11.0. The second-order valence-electron chi connectivity index (χ2n) is 5.86. The topological polar surface area (TPSA) is 52.6 Å². The zero-order valence-corrected chi connectivity index (χ0v) is 13.2. The molecule has 0 spiro atoms. The van der Waals surface area contributed by atoms with Crippen molar-refractivity contribution in [3.8, 4) is 5.75 Å². The van der Waals surface area contributed by atoms with Crippen LogP contribution in [0.5, 0.6) is 5.75 Å². The highest BCUT2D eigenvalue weighted by Gasteiger charge is 2.53. The maximum atomic E-state index is 12.6. The number of hydrogen-bond acceptors (Lipinski definition) is 4. The fourth-order valence-corrected chi connectivity index (χ4v) is 2.66. The van der Waals surface area contributed by atoms with Gasteiger partial charge in [0.25, 0.3) is 0 Å². The Balaban J connectivity index is 1.75. The number of rotatable bonds is 4. The first-order valence-corrected chi connectivity index (χ1v) is 7.53. The average molecular weight is 310 g/mol. The summed E-state index contributed by atoms with van der Waals surface area (Å²) < 4.78 is 10.2. The van der Waals surface area contributed by atoms with E-state index in [4.69, 9.17) is 4.74 Å². The van der Waals surface area contributed by atoms with Gasteiger partial charge in [-0.05, 0) is 49.6 Å². The molecule has 0 atom stereocenters. The molecule has 0 saturated heterocycles. The molecule has 23 heavy (non-hydrogen) atoms. The molecule has 0 amide bonds. The average Bonchev–Trinajstić information content (AvgIpc) is 3.37. The molecule has 0 radical (unpaired) electrons. The van der Waals surface area contributed by atoms with Crippen molar-refractivity contribution in [2.24, 2.45) is 0 Å². The molecule has 2 aromatic rings. The van der Waals surface area contributed by atoms with Crippen LogP contribution >= 0.6 is 0 Å². The van der Waals surface area contributed by atoms with E-state index in [2.05, 4.69) is 4.74 Å². The molecular weight excluding hydrogens is 292 g/mol. The number of esters is 2. The van der Waals surface area contributed by atoms with Crippen LogP contribution in [0.25, 0.3) is 0 Å². The maximum Gasteiger partial charge on any atom is 0.337 e. The normalized spacial score (nSPS) is 14.9. The minimum absolute atomic E-state index is 0.242. The first kappa shape index (κ1) is 15.3. The summed E-state index contributed by atoms with van der Waals surface area (Å²) in [5.74, 6) is -0.225. The zero-order chi connectivity index (χ0) is 16.4. The second kappa shape index (κ2) is 5.88. The van der Waals surface area contributed by atoms with E-state index in [0.717, 1.165) is 24.0 Å². The first-order valence-electron chi connectivity index (χ1n) is 7.53. The summed E-state index contributed by atoms with van der Waals surface area (Å²) in [4.78, 5) is 24.0. The fourth-order valence-electron chi connectivity index (χ4n) is 2.66. The van der Waals surface area contributed by atoms with Crippen molar-refractivity contribution < 1.29 is 19.1 Å². The standard InChI is InChI=1S/C19H18O4/c1-13-4-3-5-15(12-13)19(10-11-19)18(21)23-16-8-6-14(7-9-16)17(20)22-2/h3-9,12H,10-11H2,1-2H3. The highest BCUT2D eigenvalue weighted by Crippen LogP contribution is 2.49. The molecule has 1 aliphatic carbocycles. The van der Waals surface area contributed by atoms with Crippen molar-refractivity contribution >= 4 is 11.9 Å². The number of hydrogen-bond donors (Lipinski definition) is 0. The van der Waals surface area contributed by atoms with Crippen molar-refractivity contribution in [1.29, 1.82) is 0 Å². The summed E-state index contributed by atoms with van der Waals surface area (Å²) >= 11 is 0. The van der Waals surface area contributed by atoms with E-state index >= 15 is 0 Å². The predicted molar refractivity (Wildman–Crippen MR) is 85.5 cm³/mol. The van der Waals surface area contributed by atoms with E-state index in [1.807, 2.05) is 31.2 Å². The molecule has 0 bridgehead atoms. The van der Waals surface area contributed by atoms with E-state index < -0.39 is 11.4 Å². The Morgan fingerprint density at radius 2 is 1.74 bits per heavy atom. The summed E-state index contributed by atoms with van der Waals surface area (Å²) in [7, 11) is 1.33. The van der Waals surface area contributed by atoms with Gasteiger partial charge < -0.3 is 9.47 Å². The lowest BCUT2D eigenvalue weighted by atomic mass is 9.95. The molecular formula is C19H18O4. The van der Waals surface area contributed by atoms with Crippen molar-refractivity contribution in [2.75, 3.05) is 7.11 Å². The lowest BCUT2D eigenvalue weighted by Gasteiger charge is -2.15. The van der Waals surface area contributed by atoms with Crippen LogP contribution in [0.3, 0.4) is 0 Å². The number of benzene rings is 2. The maximum absolute atomic E-state index is 12.6. The third-order valence-corrected chi connectivity index (χ3v) is 4.20. The molecule has 2 aromatic carbocycles. The van der Waals surface area contributed by atoms with Gasteiger partial charge in [0, 0.05) is 0 Å². The molecule has 0 N–H and O–H groups in total. The molecule has 0 aromatic heterocycles. The van der Waals surface area contributed by atoms with E-state index in [9.17, 15) is 9.59 Å². The van der Waals surface area contributed by atoms with Crippen LogP contribution in [0.1, 0.15) is 34.3 Å². The fraction of sp³-hybridized carbons (Fsp3) is 0.263. The van der Waals surface area contributed by atoms with Gasteiger partial charge in [0.2, 0.25) is 0 Å². The van der Waals surface area contributed by atoms with E-state index in [0.29, 0.717) is 11.3 Å². The molecule has 118 valence electrons. The lowest BCUT2D eigenvalue weighted by molar-refractivity contribution is -0.137. The Bertz CT molecular complexity index is 742. The second-order valence-corrected chi connectivity index (χ2v) is 5.86. The van der Waals surface area contributed by atoms with Crippen LogP contribution in [0.4, 0.5) is 0 Å². The zero-order valence-electron chi connectivity index (χ0n) is 13.2. The number of methoxy groups -OCH3 is 1. The molecule has 1 fully saturated rings. The molecule has 0 aliphatic heterocycles. The Kier molecular flexibility index (Phi) is 3.90. The van der Waals surface area contributed by atoms with Crippen LogP contribution in [0.2, 0.25) is 0 Å². The summed E-state index contributed by atoms with van der Waals surface area (Å²) in [5.41, 5.74) is 2.04. The summed E-state index contributed by atoms with van der Waals surface area (Å²) in [6.45, 7) is 2.01. The van der Waals surface area contributed by atoms with Crippen molar-refractivity contribution in [1.82, 2.24) is 0 Å². The number of carbonyl (C=O) groups excluding carboxylic acids is 2. The predicted octanol–water partition coefficient (Wildman–Crippen LogP) is 3.42. The van der Waals surface area contributed by atoms with Gasteiger partial charge in [0.05, 0.1) is 18.1 Å².